The second kappa shape index (κ2) is 12.3. The lowest BCUT2D eigenvalue weighted by atomic mass is 9.80. The van der Waals surface area contributed by atoms with Gasteiger partial charge in [-0.3, -0.25) is 0 Å². The quantitative estimate of drug-likeness (QED) is 0.189. The molecule has 3 heterocycles. The van der Waals surface area contributed by atoms with Crippen LogP contribution in [0.25, 0.3) is 5.69 Å². The molecule has 0 amide bonds. The Labute approximate surface area is 282 Å². The van der Waals surface area contributed by atoms with Gasteiger partial charge in [0, 0.05) is 40.8 Å². The van der Waals surface area contributed by atoms with Crippen molar-refractivity contribution in [3.8, 4) is 5.69 Å². The molecule has 0 saturated heterocycles. The van der Waals surface area contributed by atoms with Crippen LogP contribution in [-0.4, -0.2) is 50.6 Å². The first-order valence-corrected chi connectivity index (χ1v) is 17.3. The van der Waals surface area contributed by atoms with Gasteiger partial charge in [-0.15, -0.1) is 5.10 Å². The zero-order valence-corrected chi connectivity index (χ0v) is 29.0. The average molecular weight is 640 g/mol. The van der Waals surface area contributed by atoms with Gasteiger partial charge in [0.15, 0.2) is 5.71 Å². The van der Waals surface area contributed by atoms with Crippen LogP contribution in [0.2, 0.25) is 0 Å². The molecular weight excluding hydrogens is 597 g/mol. The van der Waals surface area contributed by atoms with Crippen LogP contribution >= 0.6 is 11.8 Å². The molecule has 0 spiro atoms. The Morgan fingerprint density at radius 2 is 1.60 bits per heavy atom. The van der Waals surface area contributed by atoms with Gasteiger partial charge in [-0.05, 0) is 90.2 Å². The van der Waals surface area contributed by atoms with Gasteiger partial charge >= 0.3 is 0 Å². The van der Waals surface area contributed by atoms with E-state index < -0.39 is 0 Å². The number of aromatic nitrogens is 4. The van der Waals surface area contributed by atoms with E-state index in [1.54, 1.807) is 11.8 Å². The van der Waals surface area contributed by atoms with Crippen LogP contribution in [0, 0.1) is 0 Å². The number of hydrogen-bond acceptors (Lipinski definition) is 5. The maximum atomic E-state index is 4.49. The summed E-state index contributed by atoms with van der Waals surface area (Å²) < 4.78 is 4.18. The fourth-order valence-corrected chi connectivity index (χ4v) is 8.75. The van der Waals surface area contributed by atoms with E-state index in [4.69, 9.17) is 0 Å². The number of para-hydroxylation sites is 3. The summed E-state index contributed by atoms with van der Waals surface area (Å²) in [6, 6.07) is 27.9. The molecule has 1 aromatic heterocycles. The molecule has 7 rings (SSSR count). The van der Waals surface area contributed by atoms with Crippen LogP contribution in [0.5, 0.6) is 0 Å². The lowest BCUT2D eigenvalue weighted by Crippen LogP contribution is -2.37. The summed E-state index contributed by atoms with van der Waals surface area (Å²) in [5.41, 5.74) is 10.2. The van der Waals surface area contributed by atoms with Crippen molar-refractivity contribution in [3.05, 3.63) is 136 Å². The number of thioether (sulfide) groups is 1. The van der Waals surface area contributed by atoms with Crippen molar-refractivity contribution < 1.29 is 4.58 Å². The number of hydrogen-bond donors (Lipinski definition) is 0. The SMILES string of the molecule is CN1c2ccccc2C(C)(C)C1C=C/C=C1\CCCC(C=CC2=[N+](C)c3ccccc3C2(C)C)=C1Sc1nnnn1-c1ccccc1. The molecule has 0 bridgehead atoms. The van der Waals surface area contributed by atoms with Crippen LogP contribution in [0.4, 0.5) is 11.4 Å². The minimum absolute atomic E-state index is 0.0148. The second-order valence-electron chi connectivity index (χ2n) is 13.8. The normalized spacial score (nSPS) is 21.0. The van der Waals surface area contributed by atoms with Crippen LogP contribution in [0.1, 0.15) is 58.1 Å². The molecule has 3 aliphatic rings. The summed E-state index contributed by atoms with van der Waals surface area (Å²) in [7, 11) is 4.39. The van der Waals surface area contributed by atoms with Crippen molar-refractivity contribution in [2.75, 3.05) is 19.0 Å². The van der Waals surface area contributed by atoms with E-state index in [9.17, 15) is 0 Å². The monoisotopic (exact) mass is 639 g/mol. The first kappa shape index (κ1) is 31.1. The minimum atomic E-state index is -0.0825. The van der Waals surface area contributed by atoms with Gasteiger partial charge in [-0.1, -0.05) is 92.7 Å². The minimum Gasteiger partial charge on any atom is -0.367 e. The third-order valence-corrected chi connectivity index (χ3v) is 11.4. The highest BCUT2D eigenvalue weighted by molar-refractivity contribution is 8.03. The van der Waals surface area contributed by atoms with Gasteiger partial charge in [0.2, 0.25) is 10.8 Å². The molecule has 0 N–H and O–H groups in total. The molecule has 2 aliphatic heterocycles. The molecule has 47 heavy (non-hydrogen) atoms. The van der Waals surface area contributed by atoms with Gasteiger partial charge < -0.3 is 4.90 Å². The lowest BCUT2D eigenvalue weighted by Gasteiger charge is -2.29. The van der Waals surface area contributed by atoms with Gasteiger partial charge in [0.25, 0.3) is 0 Å². The van der Waals surface area contributed by atoms with Crippen LogP contribution < -0.4 is 4.90 Å². The number of likely N-dealkylation sites (N-methyl/N-ethyl adjacent to an activating group) is 1. The zero-order chi connectivity index (χ0) is 32.8. The number of nitrogens with zero attached hydrogens (tertiary/aromatic N) is 6. The second-order valence-corrected chi connectivity index (χ2v) is 14.8. The van der Waals surface area contributed by atoms with E-state index >= 15 is 0 Å². The van der Waals surface area contributed by atoms with E-state index in [1.165, 1.54) is 44.3 Å². The molecule has 4 aromatic rings. The Morgan fingerprint density at radius 1 is 0.872 bits per heavy atom. The summed E-state index contributed by atoms with van der Waals surface area (Å²) >= 11 is 1.67. The topological polar surface area (TPSA) is 49.9 Å². The number of fused-ring (bicyclic) bond motifs is 2. The molecule has 0 radical (unpaired) electrons. The third-order valence-electron chi connectivity index (χ3n) is 10.2. The number of rotatable bonds is 7. The highest BCUT2D eigenvalue weighted by Gasteiger charge is 2.43. The molecule has 7 heteroatoms. The van der Waals surface area contributed by atoms with Crippen molar-refractivity contribution in [2.45, 2.75) is 69.0 Å². The number of allylic oxidation sites excluding steroid dienone is 6. The maximum Gasteiger partial charge on any atom is 0.218 e. The molecule has 3 aromatic carbocycles. The van der Waals surface area contributed by atoms with Crippen molar-refractivity contribution in [1.29, 1.82) is 0 Å². The van der Waals surface area contributed by atoms with Gasteiger partial charge in [-0.2, -0.15) is 9.26 Å². The van der Waals surface area contributed by atoms with Gasteiger partial charge in [0.05, 0.1) is 17.1 Å². The lowest BCUT2D eigenvalue weighted by molar-refractivity contribution is -0.401. The Bertz CT molecular complexity index is 1970. The number of anilines is 1. The summed E-state index contributed by atoms with van der Waals surface area (Å²) in [4.78, 5) is 3.65. The Morgan fingerprint density at radius 3 is 2.36 bits per heavy atom. The first-order valence-electron chi connectivity index (χ1n) is 16.5. The summed E-state index contributed by atoms with van der Waals surface area (Å²) in [6.07, 6.45) is 14.8. The van der Waals surface area contributed by atoms with Gasteiger partial charge in [0.1, 0.15) is 7.05 Å². The molecule has 1 unspecified atom stereocenters. The van der Waals surface area contributed by atoms with E-state index in [0.717, 1.165) is 30.1 Å². The van der Waals surface area contributed by atoms with E-state index in [2.05, 4.69) is 146 Å². The standard InChI is InChI=1S/C40H43N6S/c1-39(2)31-21-10-12-23-33(31)44(5)35(39)25-15-18-28-16-14-17-29(26-27-36-40(3,4)32-22-11-13-24-34(32)45(36)6)37(28)47-38-41-42-43-46(38)30-19-8-7-9-20-30/h7-13,15,18-27,35H,14,16-17H2,1-6H3/q+1/b25-15?,27-26?,28-18+. The predicted octanol–water partition coefficient (Wildman–Crippen LogP) is 8.73. The van der Waals surface area contributed by atoms with Crippen LogP contribution in [-0.2, 0) is 10.8 Å². The first-order chi connectivity index (χ1) is 22.7. The highest BCUT2D eigenvalue weighted by Crippen LogP contribution is 2.46. The van der Waals surface area contributed by atoms with E-state index in [0.29, 0.717) is 0 Å². The Balaban J connectivity index is 1.27. The van der Waals surface area contributed by atoms with Crippen molar-refractivity contribution in [2.24, 2.45) is 0 Å². The molecule has 1 atom stereocenters. The molecule has 6 nitrogen and oxygen atoms in total. The largest absolute Gasteiger partial charge is 0.367 e. The third kappa shape index (κ3) is 5.50. The Hall–Kier alpha value is -4.49. The average Bonchev–Trinajstić information content (AvgIpc) is 3.68. The summed E-state index contributed by atoms with van der Waals surface area (Å²) in [6.45, 7) is 9.35. The van der Waals surface area contributed by atoms with Crippen LogP contribution in [0.15, 0.2) is 130 Å². The molecular formula is C40H43N6S+. The van der Waals surface area contributed by atoms with Crippen LogP contribution in [0.3, 0.4) is 0 Å². The summed E-state index contributed by atoms with van der Waals surface area (Å²) in [5, 5.41) is 13.7. The highest BCUT2D eigenvalue weighted by atomic mass is 32.2. The predicted molar refractivity (Wildman–Crippen MR) is 194 cm³/mol. The molecule has 1 aliphatic carbocycles. The zero-order valence-electron chi connectivity index (χ0n) is 28.2. The van der Waals surface area contributed by atoms with Crippen molar-refractivity contribution >= 4 is 28.8 Å². The fourth-order valence-electron chi connectivity index (χ4n) is 7.66. The fraction of sp³-hybridized carbons (Fsp3) is 0.300. The molecule has 0 fully saturated rings. The molecule has 238 valence electrons. The smallest absolute Gasteiger partial charge is 0.218 e. The van der Waals surface area contributed by atoms with Crippen molar-refractivity contribution in [3.63, 3.8) is 0 Å². The van der Waals surface area contributed by atoms with Crippen molar-refractivity contribution in [1.82, 2.24) is 20.2 Å². The summed E-state index contributed by atoms with van der Waals surface area (Å²) in [5.74, 6) is 0. The maximum absolute atomic E-state index is 4.49. The number of tetrazole rings is 1. The van der Waals surface area contributed by atoms with Gasteiger partial charge in [-0.25, -0.2) is 0 Å². The van der Waals surface area contributed by atoms with E-state index in [-0.39, 0.29) is 16.9 Å². The number of benzene rings is 3. The van der Waals surface area contributed by atoms with E-state index in [1.807, 2.05) is 35.0 Å². The molecule has 0 saturated carbocycles. The Kier molecular flexibility index (Phi) is 8.13.